The zero-order valence-electron chi connectivity index (χ0n) is 15.7. The summed E-state index contributed by atoms with van der Waals surface area (Å²) in [5.41, 5.74) is 0.343. The highest BCUT2D eigenvalue weighted by atomic mass is 35.5. The Morgan fingerprint density at radius 2 is 1.79 bits per heavy atom. The fourth-order valence-electron chi connectivity index (χ4n) is 4.48. The molecular weight excluding hydrogens is 431 g/mol. The fourth-order valence-corrected chi connectivity index (χ4v) is 6.21. The number of hydrogen-bond donors (Lipinski definition) is 1. The first kappa shape index (κ1) is 20.5. The summed E-state index contributed by atoms with van der Waals surface area (Å²) >= 11 is 12.0. The Balaban J connectivity index is 1.60. The summed E-state index contributed by atoms with van der Waals surface area (Å²) < 4.78 is 27.7. The molecule has 0 aromatic heterocycles. The smallest absolute Gasteiger partial charge is 0.264 e. The van der Waals surface area contributed by atoms with E-state index in [2.05, 4.69) is 5.32 Å². The Hall–Kier alpha value is -1.76. The van der Waals surface area contributed by atoms with Gasteiger partial charge in [-0.05, 0) is 73.6 Å². The van der Waals surface area contributed by atoms with Crippen LogP contribution in [-0.2, 0) is 14.8 Å². The maximum atomic E-state index is 13.3. The number of carbonyl (C=O) groups is 1. The van der Waals surface area contributed by atoms with E-state index in [-0.39, 0.29) is 23.4 Å². The highest BCUT2D eigenvalue weighted by molar-refractivity contribution is 7.92. The third-order valence-electron chi connectivity index (χ3n) is 5.87. The van der Waals surface area contributed by atoms with Gasteiger partial charge in [-0.2, -0.15) is 0 Å². The predicted molar refractivity (Wildman–Crippen MR) is 115 cm³/mol. The van der Waals surface area contributed by atoms with Gasteiger partial charge in [0.1, 0.15) is 6.54 Å². The van der Waals surface area contributed by atoms with Gasteiger partial charge in [0.05, 0.1) is 10.6 Å². The number of carbonyl (C=O) groups excluding carboxylic acids is 1. The summed E-state index contributed by atoms with van der Waals surface area (Å²) in [6, 6.07) is 12.5. The molecule has 0 saturated heterocycles. The number of sulfonamides is 1. The van der Waals surface area contributed by atoms with Gasteiger partial charge in [0.25, 0.3) is 10.0 Å². The molecule has 2 aromatic carbocycles. The third-order valence-corrected chi connectivity index (χ3v) is 8.14. The van der Waals surface area contributed by atoms with Crippen molar-refractivity contribution in [3.63, 3.8) is 0 Å². The number of hydrogen-bond acceptors (Lipinski definition) is 3. The van der Waals surface area contributed by atoms with Crippen LogP contribution in [0.3, 0.4) is 0 Å². The van der Waals surface area contributed by atoms with Crippen molar-refractivity contribution in [2.24, 2.45) is 11.8 Å². The number of rotatable bonds is 6. The molecule has 2 saturated carbocycles. The van der Waals surface area contributed by atoms with Crippen LogP contribution in [0.25, 0.3) is 0 Å². The molecule has 0 unspecified atom stereocenters. The lowest BCUT2D eigenvalue weighted by atomic mass is 9.95. The molecule has 0 heterocycles. The molecule has 3 atom stereocenters. The van der Waals surface area contributed by atoms with Crippen LogP contribution in [-0.4, -0.2) is 26.9 Å². The normalized spacial score (nSPS) is 23.2. The second-order valence-corrected chi connectivity index (χ2v) is 10.5. The van der Waals surface area contributed by atoms with E-state index in [4.69, 9.17) is 23.2 Å². The van der Waals surface area contributed by atoms with Gasteiger partial charge < -0.3 is 5.32 Å². The first-order chi connectivity index (χ1) is 13.8. The third kappa shape index (κ3) is 4.39. The molecule has 0 radical (unpaired) electrons. The maximum absolute atomic E-state index is 13.3. The van der Waals surface area contributed by atoms with Gasteiger partial charge >= 0.3 is 0 Å². The van der Waals surface area contributed by atoms with Crippen molar-refractivity contribution in [3.05, 3.63) is 58.6 Å². The Morgan fingerprint density at radius 3 is 2.41 bits per heavy atom. The number of amides is 1. The summed E-state index contributed by atoms with van der Waals surface area (Å²) in [7, 11) is -3.97. The van der Waals surface area contributed by atoms with Gasteiger partial charge in [-0.1, -0.05) is 35.7 Å². The summed E-state index contributed by atoms with van der Waals surface area (Å²) in [6.07, 6.45) is 4.51. The van der Waals surface area contributed by atoms with E-state index < -0.39 is 10.0 Å². The molecule has 0 aliphatic heterocycles. The molecule has 1 amide bonds. The second kappa shape index (κ2) is 8.17. The van der Waals surface area contributed by atoms with Crippen LogP contribution in [0.2, 0.25) is 10.0 Å². The Morgan fingerprint density at radius 1 is 1.03 bits per heavy atom. The minimum atomic E-state index is -3.97. The number of halogens is 2. The van der Waals surface area contributed by atoms with Crippen molar-refractivity contribution >= 4 is 44.8 Å². The minimum Gasteiger partial charge on any atom is -0.352 e. The molecule has 2 aliphatic carbocycles. The highest BCUT2D eigenvalue weighted by Gasteiger charge is 2.40. The molecule has 154 valence electrons. The molecule has 0 spiro atoms. The first-order valence-corrected chi connectivity index (χ1v) is 11.9. The van der Waals surface area contributed by atoms with Gasteiger partial charge in [0.15, 0.2) is 0 Å². The molecule has 2 aliphatic rings. The van der Waals surface area contributed by atoms with Gasteiger partial charge in [0, 0.05) is 16.1 Å². The topological polar surface area (TPSA) is 66.5 Å². The van der Waals surface area contributed by atoms with E-state index in [1.165, 1.54) is 30.7 Å². The van der Waals surface area contributed by atoms with Crippen molar-refractivity contribution in [2.75, 3.05) is 10.8 Å². The zero-order chi connectivity index (χ0) is 20.6. The van der Waals surface area contributed by atoms with E-state index in [0.29, 0.717) is 27.6 Å². The van der Waals surface area contributed by atoms with Crippen LogP contribution in [0.15, 0.2) is 53.4 Å². The summed E-state index contributed by atoms with van der Waals surface area (Å²) in [5, 5.41) is 3.89. The lowest BCUT2D eigenvalue weighted by Gasteiger charge is -2.27. The monoisotopic (exact) mass is 452 g/mol. The van der Waals surface area contributed by atoms with Crippen LogP contribution in [0.4, 0.5) is 5.69 Å². The zero-order valence-corrected chi connectivity index (χ0v) is 18.1. The van der Waals surface area contributed by atoms with Crippen LogP contribution >= 0.6 is 23.2 Å². The van der Waals surface area contributed by atoms with Crippen molar-refractivity contribution in [1.29, 1.82) is 0 Å². The van der Waals surface area contributed by atoms with E-state index >= 15 is 0 Å². The molecule has 2 fully saturated rings. The van der Waals surface area contributed by atoms with Gasteiger partial charge in [0.2, 0.25) is 5.91 Å². The van der Waals surface area contributed by atoms with Crippen molar-refractivity contribution in [1.82, 2.24) is 5.32 Å². The molecule has 8 heteroatoms. The molecule has 5 nitrogen and oxygen atoms in total. The lowest BCUT2D eigenvalue weighted by Crippen LogP contribution is -2.46. The minimum absolute atomic E-state index is 0.0644. The summed E-state index contributed by atoms with van der Waals surface area (Å²) in [5.74, 6) is 0.892. The number of fused-ring (bicyclic) bond motifs is 2. The molecule has 2 bridgehead atoms. The average molecular weight is 453 g/mol. The van der Waals surface area contributed by atoms with Crippen LogP contribution in [0.5, 0.6) is 0 Å². The summed E-state index contributed by atoms with van der Waals surface area (Å²) in [4.78, 5) is 12.9. The van der Waals surface area contributed by atoms with E-state index in [1.54, 1.807) is 24.3 Å². The number of benzene rings is 2. The van der Waals surface area contributed by atoms with Gasteiger partial charge in [-0.3, -0.25) is 9.10 Å². The summed E-state index contributed by atoms with van der Waals surface area (Å²) in [6.45, 7) is -0.306. The molecule has 29 heavy (non-hydrogen) atoms. The Kier molecular flexibility index (Phi) is 5.78. The van der Waals surface area contributed by atoms with Crippen molar-refractivity contribution < 1.29 is 13.2 Å². The average Bonchev–Trinajstić information content (AvgIpc) is 3.29. The van der Waals surface area contributed by atoms with Gasteiger partial charge in [-0.15, -0.1) is 0 Å². The Bertz CT molecular complexity index is 1010. The van der Waals surface area contributed by atoms with Crippen LogP contribution in [0, 0.1) is 11.8 Å². The standard InChI is InChI=1S/C21H22Cl2N2O3S/c22-16-6-8-19(9-7-16)29(27,28)25(18-3-1-2-17(23)12-18)13-21(26)24-20-11-14-4-5-15(20)10-14/h1-3,6-9,12,14-15,20H,4-5,10-11,13H2,(H,24,26)/t14-,15-,20-/m0/s1. The number of nitrogens with one attached hydrogen (secondary N) is 1. The van der Waals surface area contributed by atoms with E-state index in [9.17, 15) is 13.2 Å². The first-order valence-electron chi connectivity index (χ1n) is 9.66. The SMILES string of the molecule is O=C(CN(c1cccc(Cl)c1)S(=O)(=O)c1ccc(Cl)cc1)N[C@H]1C[C@H]2CC[C@H]1C2. The molecule has 4 rings (SSSR count). The van der Waals surface area contributed by atoms with Crippen molar-refractivity contribution in [3.8, 4) is 0 Å². The lowest BCUT2D eigenvalue weighted by molar-refractivity contribution is -0.120. The van der Waals surface area contributed by atoms with Gasteiger partial charge in [-0.25, -0.2) is 8.42 Å². The maximum Gasteiger partial charge on any atom is 0.264 e. The van der Waals surface area contributed by atoms with E-state index in [0.717, 1.165) is 23.6 Å². The van der Waals surface area contributed by atoms with Crippen LogP contribution in [0.1, 0.15) is 25.7 Å². The van der Waals surface area contributed by atoms with E-state index in [1.807, 2.05) is 0 Å². The van der Waals surface area contributed by atoms with Crippen molar-refractivity contribution in [2.45, 2.75) is 36.6 Å². The molecule has 2 aromatic rings. The van der Waals surface area contributed by atoms with Crippen LogP contribution < -0.4 is 9.62 Å². The quantitative estimate of drug-likeness (QED) is 0.701. The fraction of sp³-hybridized carbons (Fsp3) is 0.381. The highest BCUT2D eigenvalue weighted by Crippen LogP contribution is 2.44. The molecule has 1 N–H and O–H groups in total. The number of anilines is 1. The Labute approximate surface area is 181 Å². The molecular formula is C21H22Cl2N2O3S. The second-order valence-electron chi connectivity index (χ2n) is 7.79. The number of nitrogens with zero attached hydrogens (tertiary/aromatic N) is 1. The predicted octanol–water partition coefficient (Wildman–Crippen LogP) is 4.49. The largest absolute Gasteiger partial charge is 0.352 e.